The Morgan fingerprint density at radius 2 is 0.539 bits per heavy atom. The van der Waals surface area contributed by atoms with E-state index < -0.39 is 97.5 Å². The molecule has 3 N–H and O–H groups in total. The van der Waals surface area contributed by atoms with Crippen LogP contribution in [0.4, 0.5) is 0 Å². The number of rotatable bonds is 67. The Balaban J connectivity index is 5.22. The van der Waals surface area contributed by atoms with Gasteiger partial charge >= 0.3 is 39.5 Å². The maximum absolute atomic E-state index is 13.0. The molecule has 0 spiro atoms. The lowest BCUT2D eigenvalue weighted by Crippen LogP contribution is -2.30. The monoisotopic (exact) mass is 1310 g/mol. The van der Waals surface area contributed by atoms with Crippen LogP contribution in [0.25, 0.3) is 0 Å². The van der Waals surface area contributed by atoms with Gasteiger partial charge in [-0.25, -0.2) is 9.13 Å². The Labute approximate surface area is 543 Å². The minimum Gasteiger partial charge on any atom is -0.462 e. The van der Waals surface area contributed by atoms with Gasteiger partial charge in [0.05, 0.1) is 26.4 Å². The Hall–Kier alpha value is -1.94. The SMILES string of the molecule is CCC(C)CCCCCCCCCCCCC(=O)OC[C@H](COP(=O)(O)OC[C@@H](O)COP(=O)(O)OC[C@@H](COC(=O)CCCCCCCCC(C)CC)OC(=O)CCCCCCCCCCCCCCCC(C)C)OC(=O)CCCCCCCCC(C)C. The predicted octanol–water partition coefficient (Wildman–Crippen LogP) is 19.7. The number of carbonyl (C=O) groups is 4. The third-order valence-electron chi connectivity index (χ3n) is 16.8. The normalized spacial score (nSPS) is 14.9. The molecule has 17 nitrogen and oxygen atoms in total. The molecule has 7 atom stereocenters. The van der Waals surface area contributed by atoms with Crippen molar-refractivity contribution in [2.45, 2.75) is 363 Å². The maximum Gasteiger partial charge on any atom is 0.472 e. The average molecular weight is 1310 g/mol. The molecule has 0 aliphatic rings. The van der Waals surface area contributed by atoms with Crippen molar-refractivity contribution in [1.29, 1.82) is 0 Å². The lowest BCUT2D eigenvalue weighted by atomic mass is 9.99. The van der Waals surface area contributed by atoms with E-state index in [1.165, 1.54) is 141 Å². The Kier molecular flexibility index (Phi) is 58.5. The topological polar surface area (TPSA) is 237 Å². The number of phosphoric ester groups is 2. The van der Waals surface area contributed by atoms with Gasteiger partial charge in [-0.3, -0.25) is 37.3 Å². The van der Waals surface area contributed by atoms with E-state index in [0.717, 1.165) is 114 Å². The molecule has 0 rings (SSSR count). The van der Waals surface area contributed by atoms with Crippen molar-refractivity contribution >= 4 is 39.5 Å². The molecule has 19 heteroatoms. The van der Waals surface area contributed by atoms with Gasteiger partial charge in [0, 0.05) is 25.7 Å². The summed E-state index contributed by atoms with van der Waals surface area (Å²) in [6, 6.07) is 0. The largest absolute Gasteiger partial charge is 0.472 e. The molecule has 0 aromatic carbocycles. The first-order valence-electron chi connectivity index (χ1n) is 36.3. The lowest BCUT2D eigenvalue weighted by molar-refractivity contribution is -0.161. The van der Waals surface area contributed by atoms with E-state index >= 15 is 0 Å². The number of esters is 4. The van der Waals surface area contributed by atoms with Crippen molar-refractivity contribution in [2.75, 3.05) is 39.6 Å². The molecular formula is C70H136O17P2. The summed E-state index contributed by atoms with van der Waals surface area (Å²) in [6.45, 7) is 14.1. The van der Waals surface area contributed by atoms with Crippen LogP contribution in [0.3, 0.4) is 0 Å². The van der Waals surface area contributed by atoms with Crippen molar-refractivity contribution in [2.24, 2.45) is 23.7 Å². The summed E-state index contributed by atoms with van der Waals surface area (Å²) in [4.78, 5) is 72.5. The second kappa shape index (κ2) is 59.8. The molecule has 0 aromatic rings. The highest BCUT2D eigenvalue weighted by Gasteiger charge is 2.30. The molecule has 89 heavy (non-hydrogen) atoms. The van der Waals surface area contributed by atoms with Crippen molar-refractivity contribution in [3.63, 3.8) is 0 Å². The highest BCUT2D eigenvalue weighted by atomic mass is 31.2. The number of carbonyl (C=O) groups excluding carboxylic acids is 4. The summed E-state index contributed by atoms with van der Waals surface area (Å²) in [5.41, 5.74) is 0. The van der Waals surface area contributed by atoms with E-state index in [2.05, 4.69) is 55.4 Å². The molecule has 0 aliphatic carbocycles. The Morgan fingerprint density at radius 1 is 0.315 bits per heavy atom. The first kappa shape index (κ1) is 87.1. The lowest BCUT2D eigenvalue weighted by Gasteiger charge is -2.21. The molecule has 0 amide bonds. The van der Waals surface area contributed by atoms with E-state index in [-0.39, 0.29) is 25.7 Å². The first-order valence-corrected chi connectivity index (χ1v) is 39.3. The summed E-state index contributed by atoms with van der Waals surface area (Å²) in [5, 5.41) is 10.6. The predicted molar refractivity (Wildman–Crippen MR) is 358 cm³/mol. The van der Waals surface area contributed by atoms with Gasteiger partial charge in [-0.1, -0.05) is 293 Å². The van der Waals surface area contributed by atoms with Gasteiger partial charge in [0.15, 0.2) is 12.2 Å². The summed E-state index contributed by atoms with van der Waals surface area (Å²) in [5.74, 6) is 0.862. The number of unbranched alkanes of at least 4 members (excludes halogenated alkanes) is 31. The van der Waals surface area contributed by atoms with Crippen LogP contribution < -0.4 is 0 Å². The van der Waals surface area contributed by atoms with Crippen molar-refractivity contribution in [3.05, 3.63) is 0 Å². The van der Waals surface area contributed by atoms with Crippen LogP contribution in [0, 0.1) is 23.7 Å². The summed E-state index contributed by atoms with van der Waals surface area (Å²) < 4.78 is 68.2. The minimum absolute atomic E-state index is 0.101. The fourth-order valence-electron chi connectivity index (χ4n) is 10.4. The average Bonchev–Trinajstić information content (AvgIpc) is 3.70. The van der Waals surface area contributed by atoms with Gasteiger partial charge in [-0.2, -0.15) is 0 Å². The van der Waals surface area contributed by atoms with Crippen molar-refractivity contribution < 1.29 is 80.2 Å². The third-order valence-corrected chi connectivity index (χ3v) is 18.7. The molecular weight excluding hydrogens is 1170 g/mol. The second-order valence-corrected chi connectivity index (χ2v) is 29.6. The van der Waals surface area contributed by atoms with E-state index in [0.29, 0.717) is 31.6 Å². The summed E-state index contributed by atoms with van der Waals surface area (Å²) in [7, 11) is -9.90. The van der Waals surface area contributed by atoms with Crippen LogP contribution in [0.2, 0.25) is 0 Å². The van der Waals surface area contributed by atoms with Crippen LogP contribution in [-0.2, 0) is 65.4 Å². The molecule has 4 unspecified atom stereocenters. The molecule has 0 saturated carbocycles. The first-order chi connectivity index (χ1) is 42.7. The number of aliphatic hydroxyl groups is 1. The molecule has 0 bridgehead atoms. The number of hydrogen-bond acceptors (Lipinski definition) is 15. The van der Waals surface area contributed by atoms with Gasteiger partial charge < -0.3 is 33.8 Å². The van der Waals surface area contributed by atoms with Crippen molar-refractivity contribution in [1.82, 2.24) is 0 Å². The quantitative estimate of drug-likeness (QED) is 0.0222. The third kappa shape index (κ3) is 62.0. The zero-order valence-corrected chi connectivity index (χ0v) is 59.8. The zero-order chi connectivity index (χ0) is 66.1. The van der Waals surface area contributed by atoms with Crippen LogP contribution in [-0.4, -0.2) is 96.7 Å². The van der Waals surface area contributed by atoms with Crippen LogP contribution >= 0.6 is 15.6 Å². The molecule has 0 saturated heterocycles. The van der Waals surface area contributed by atoms with Gasteiger partial charge in [0.2, 0.25) is 0 Å². The molecule has 0 heterocycles. The van der Waals surface area contributed by atoms with Crippen LogP contribution in [0.1, 0.15) is 344 Å². The fourth-order valence-corrected chi connectivity index (χ4v) is 12.0. The highest BCUT2D eigenvalue weighted by Crippen LogP contribution is 2.45. The van der Waals surface area contributed by atoms with Gasteiger partial charge in [-0.05, 0) is 49.4 Å². The summed E-state index contributed by atoms with van der Waals surface area (Å²) >= 11 is 0. The second-order valence-electron chi connectivity index (χ2n) is 26.7. The van der Waals surface area contributed by atoms with Crippen LogP contribution in [0.5, 0.6) is 0 Å². The molecule has 0 aromatic heterocycles. The van der Waals surface area contributed by atoms with Gasteiger partial charge in [0.1, 0.15) is 19.3 Å². The van der Waals surface area contributed by atoms with E-state index in [4.69, 9.17) is 37.0 Å². The van der Waals surface area contributed by atoms with Gasteiger partial charge in [0.25, 0.3) is 0 Å². The molecule has 0 aliphatic heterocycles. The number of phosphoric acid groups is 2. The summed E-state index contributed by atoms with van der Waals surface area (Å²) in [6.07, 6.45) is 41.8. The van der Waals surface area contributed by atoms with Gasteiger partial charge in [-0.15, -0.1) is 0 Å². The number of aliphatic hydroxyl groups excluding tert-OH is 1. The maximum atomic E-state index is 13.0. The van der Waals surface area contributed by atoms with E-state index in [9.17, 15) is 43.2 Å². The molecule has 0 fully saturated rings. The standard InChI is InChI=1S/C70H136O17P2/c1-9-62(7)48-40-32-23-19-16-17-20-24-34-42-50-67(72)80-56-66(87-70(75)53-45-37-28-26-31-39-47-61(5)6)59-85-89(78,79)83-55-64(71)54-82-88(76,77)84-58-65(57-81-68(73)51-43-35-29-27-33-41-49-63(8)10-2)86-69(74)52-44-36-25-21-15-13-11-12-14-18-22-30-38-46-60(3)4/h60-66,71H,9-59H2,1-8H3,(H,76,77)(H,78,79)/t62?,63?,64-,65+,66+/m0/s1. The fraction of sp³-hybridized carbons (Fsp3) is 0.943. The zero-order valence-electron chi connectivity index (χ0n) is 58.1. The van der Waals surface area contributed by atoms with E-state index in [1.807, 2.05) is 0 Å². The van der Waals surface area contributed by atoms with Crippen LogP contribution in [0.15, 0.2) is 0 Å². The number of ether oxygens (including phenoxy) is 4. The Morgan fingerprint density at radius 3 is 0.798 bits per heavy atom. The number of hydrogen-bond donors (Lipinski definition) is 3. The Bertz CT molecular complexity index is 1770. The molecule has 528 valence electrons. The van der Waals surface area contributed by atoms with Crippen molar-refractivity contribution in [3.8, 4) is 0 Å². The molecule has 0 radical (unpaired) electrons. The van der Waals surface area contributed by atoms with E-state index in [1.54, 1.807) is 0 Å². The smallest absolute Gasteiger partial charge is 0.462 e. The minimum atomic E-state index is -4.95. The highest BCUT2D eigenvalue weighted by molar-refractivity contribution is 7.47.